The number of aromatic nitrogens is 5. The molecule has 13 nitrogen and oxygen atoms in total. The standard InChI is InChI=1S/C34H27ClF5N7O6S/c1-45-28-25(10-9-23(35)27(28)31(44-45)46(54(3,51)52)16-17-4-6-21(53-2)7-5-17)47-30(24(41-33(49)50)14-18-12-19(36)15-20(37)13-18)43-29-22(32(47)48)8-11-26(42-29)34(38,39)40/h4-13,15,24,41H,14,16H2,1-3H3,(H,49,50)/t24-/m0/s1. The lowest BCUT2D eigenvalue weighted by Crippen LogP contribution is -2.35. The Morgan fingerprint density at radius 2 is 1.69 bits per heavy atom. The minimum Gasteiger partial charge on any atom is -0.497 e. The Balaban J connectivity index is 1.65. The maximum atomic E-state index is 14.4. The zero-order valence-electron chi connectivity index (χ0n) is 28.2. The molecular formula is C34H27ClF5N7O6S. The molecule has 0 aliphatic heterocycles. The summed E-state index contributed by atoms with van der Waals surface area (Å²) in [7, 11) is -1.20. The van der Waals surface area contributed by atoms with E-state index in [0.717, 1.165) is 33.3 Å². The number of benzene rings is 3. The number of ether oxygens (including phenoxy) is 1. The van der Waals surface area contributed by atoms with Crippen molar-refractivity contribution >= 4 is 55.5 Å². The number of amides is 1. The van der Waals surface area contributed by atoms with Crippen molar-refractivity contribution in [3.8, 4) is 11.4 Å². The average molecular weight is 792 g/mol. The van der Waals surface area contributed by atoms with Crippen LogP contribution in [0.3, 0.4) is 0 Å². The molecule has 0 radical (unpaired) electrons. The van der Waals surface area contributed by atoms with Crippen molar-refractivity contribution in [2.24, 2.45) is 7.05 Å². The summed E-state index contributed by atoms with van der Waals surface area (Å²) in [6, 6.07) is 11.3. The second kappa shape index (κ2) is 14.2. The number of halogens is 6. The van der Waals surface area contributed by atoms with Gasteiger partial charge in [-0.05, 0) is 59.7 Å². The van der Waals surface area contributed by atoms with Crippen molar-refractivity contribution in [1.29, 1.82) is 0 Å². The molecule has 0 aliphatic carbocycles. The maximum Gasteiger partial charge on any atom is 0.433 e. The van der Waals surface area contributed by atoms with Crippen LogP contribution in [0.2, 0.25) is 5.02 Å². The summed E-state index contributed by atoms with van der Waals surface area (Å²) in [5.74, 6) is -2.18. The molecule has 0 fully saturated rings. The molecular weight excluding hydrogens is 765 g/mol. The summed E-state index contributed by atoms with van der Waals surface area (Å²) >= 11 is 6.70. The van der Waals surface area contributed by atoms with Gasteiger partial charge in [0.05, 0.1) is 53.0 Å². The SMILES string of the molecule is COc1ccc(CN(c2nn(C)c3c(-n4c([C@H](Cc5cc(F)cc(F)c5)NC(=O)O)nc5nc(C(F)(F)F)ccc5c4=O)ccc(Cl)c23)S(C)(=O)=O)cc1. The van der Waals surface area contributed by atoms with Crippen LogP contribution in [0.1, 0.15) is 28.7 Å². The van der Waals surface area contributed by atoms with Crippen LogP contribution >= 0.6 is 11.6 Å². The van der Waals surface area contributed by atoms with Gasteiger partial charge in [0.15, 0.2) is 11.5 Å². The van der Waals surface area contributed by atoms with E-state index in [1.165, 1.54) is 31.0 Å². The zero-order chi connectivity index (χ0) is 39.3. The number of methoxy groups -OCH3 is 1. The highest BCUT2D eigenvalue weighted by atomic mass is 35.5. The minimum absolute atomic E-state index is 0.0180. The molecule has 0 saturated carbocycles. The van der Waals surface area contributed by atoms with Gasteiger partial charge in [0.25, 0.3) is 5.56 Å². The Kier molecular flexibility index (Phi) is 9.97. The first-order valence-electron chi connectivity index (χ1n) is 15.6. The Morgan fingerprint density at radius 3 is 2.28 bits per heavy atom. The molecule has 3 aromatic carbocycles. The van der Waals surface area contributed by atoms with Crippen molar-refractivity contribution in [2.45, 2.75) is 25.2 Å². The molecule has 3 aromatic heterocycles. The molecule has 1 atom stereocenters. The molecule has 0 bridgehead atoms. The van der Waals surface area contributed by atoms with E-state index in [-0.39, 0.29) is 39.5 Å². The average Bonchev–Trinajstić information content (AvgIpc) is 3.43. The summed E-state index contributed by atoms with van der Waals surface area (Å²) in [6.07, 6.45) is -6.23. The third-order valence-corrected chi connectivity index (χ3v) is 9.70. The number of nitrogens with one attached hydrogen (secondary N) is 1. The molecule has 282 valence electrons. The number of sulfonamides is 1. The second-order valence-corrected chi connectivity index (χ2v) is 14.3. The fourth-order valence-corrected chi connectivity index (χ4v) is 7.03. The van der Waals surface area contributed by atoms with Crippen LogP contribution in [0, 0.1) is 11.6 Å². The summed E-state index contributed by atoms with van der Waals surface area (Å²) in [5, 5.41) is 16.0. The van der Waals surface area contributed by atoms with E-state index in [0.29, 0.717) is 23.4 Å². The number of pyridine rings is 1. The van der Waals surface area contributed by atoms with Crippen LogP contribution in [0.4, 0.5) is 32.6 Å². The number of carbonyl (C=O) groups is 1. The van der Waals surface area contributed by atoms with Gasteiger partial charge in [-0.2, -0.15) is 18.3 Å². The Labute approximate surface area is 307 Å². The Hall–Kier alpha value is -5.82. The summed E-state index contributed by atoms with van der Waals surface area (Å²) in [6.45, 7) is -0.222. The van der Waals surface area contributed by atoms with E-state index in [4.69, 9.17) is 16.3 Å². The van der Waals surface area contributed by atoms with Gasteiger partial charge >= 0.3 is 12.3 Å². The molecule has 0 spiro atoms. The van der Waals surface area contributed by atoms with Crippen LogP contribution in [-0.2, 0) is 36.2 Å². The van der Waals surface area contributed by atoms with Crippen molar-refractivity contribution in [2.75, 3.05) is 17.7 Å². The number of rotatable bonds is 10. The second-order valence-electron chi connectivity index (χ2n) is 12.0. The number of carboxylic acid groups (broad SMARTS) is 1. The molecule has 0 aliphatic rings. The predicted octanol–water partition coefficient (Wildman–Crippen LogP) is 6.14. The van der Waals surface area contributed by atoms with Crippen molar-refractivity contribution in [1.82, 2.24) is 29.6 Å². The molecule has 2 N–H and O–H groups in total. The lowest BCUT2D eigenvalue weighted by atomic mass is 10.0. The lowest BCUT2D eigenvalue weighted by molar-refractivity contribution is -0.141. The number of hydrogen-bond acceptors (Lipinski definition) is 8. The number of fused-ring (bicyclic) bond motifs is 2. The Morgan fingerprint density at radius 1 is 1.02 bits per heavy atom. The Bertz CT molecular complexity index is 2600. The molecule has 0 unspecified atom stereocenters. The van der Waals surface area contributed by atoms with Crippen LogP contribution in [-0.4, -0.2) is 57.3 Å². The number of nitrogens with zero attached hydrogens (tertiary/aromatic N) is 6. The summed E-state index contributed by atoms with van der Waals surface area (Å²) in [5.41, 5.74) is -2.78. The zero-order valence-corrected chi connectivity index (χ0v) is 29.8. The van der Waals surface area contributed by atoms with E-state index in [1.54, 1.807) is 24.3 Å². The largest absolute Gasteiger partial charge is 0.497 e. The van der Waals surface area contributed by atoms with Crippen molar-refractivity contribution in [3.63, 3.8) is 0 Å². The molecule has 1 amide bonds. The number of alkyl halides is 3. The van der Waals surface area contributed by atoms with Crippen LogP contribution in [0.5, 0.6) is 5.75 Å². The van der Waals surface area contributed by atoms with Crippen LogP contribution < -0.4 is 19.9 Å². The van der Waals surface area contributed by atoms with Gasteiger partial charge in [-0.1, -0.05) is 23.7 Å². The highest BCUT2D eigenvalue weighted by Gasteiger charge is 2.34. The highest BCUT2D eigenvalue weighted by molar-refractivity contribution is 7.92. The fourth-order valence-electron chi connectivity index (χ4n) is 5.97. The van der Waals surface area contributed by atoms with Gasteiger partial charge in [0, 0.05) is 19.5 Å². The number of hydrogen-bond donors (Lipinski definition) is 2. The first-order chi connectivity index (χ1) is 25.3. The molecule has 0 saturated heterocycles. The molecule has 6 rings (SSSR count). The fraction of sp³-hybridized carbons (Fsp3) is 0.206. The first-order valence-corrected chi connectivity index (χ1v) is 17.8. The van der Waals surface area contributed by atoms with Gasteiger partial charge < -0.3 is 15.2 Å². The van der Waals surface area contributed by atoms with Crippen LogP contribution in [0.25, 0.3) is 27.6 Å². The van der Waals surface area contributed by atoms with Gasteiger partial charge in [-0.15, -0.1) is 0 Å². The third-order valence-electron chi connectivity index (χ3n) is 8.28. The number of anilines is 1. The lowest BCUT2D eigenvalue weighted by Gasteiger charge is -2.23. The van der Waals surface area contributed by atoms with Gasteiger partial charge in [0.2, 0.25) is 10.0 Å². The number of aryl methyl sites for hydroxylation is 1. The van der Waals surface area contributed by atoms with E-state index < -0.39 is 74.5 Å². The van der Waals surface area contributed by atoms with Gasteiger partial charge in [-0.3, -0.25) is 14.0 Å². The molecule has 3 heterocycles. The van der Waals surface area contributed by atoms with Crippen LogP contribution in [0.15, 0.2) is 71.5 Å². The highest BCUT2D eigenvalue weighted by Crippen LogP contribution is 2.38. The quantitative estimate of drug-likeness (QED) is 0.155. The third kappa shape index (κ3) is 7.49. The van der Waals surface area contributed by atoms with E-state index in [2.05, 4.69) is 20.4 Å². The van der Waals surface area contributed by atoms with Gasteiger partial charge in [-0.25, -0.2) is 36.3 Å². The molecule has 6 aromatic rings. The van der Waals surface area contributed by atoms with Gasteiger partial charge in [0.1, 0.15) is 28.9 Å². The van der Waals surface area contributed by atoms with E-state index in [9.17, 15) is 45.1 Å². The first kappa shape index (κ1) is 37.9. The van der Waals surface area contributed by atoms with Crippen molar-refractivity contribution in [3.05, 3.63) is 116 Å². The summed E-state index contributed by atoms with van der Waals surface area (Å²) in [4.78, 5) is 34.3. The maximum absolute atomic E-state index is 14.4. The normalized spacial score (nSPS) is 12.6. The minimum atomic E-state index is -4.95. The van der Waals surface area contributed by atoms with Crippen molar-refractivity contribution < 1.29 is 45.0 Å². The summed E-state index contributed by atoms with van der Waals surface area (Å²) < 4.78 is 105. The predicted molar refractivity (Wildman–Crippen MR) is 187 cm³/mol. The van der Waals surface area contributed by atoms with E-state index >= 15 is 0 Å². The van der Waals surface area contributed by atoms with E-state index in [1.807, 2.05) is 0 Å². The molecule has 20 heteroatoms. The topological polar surface area (TPSA) is 162 Å². The smallest absolute Gasteiger partial charge is 0.433 e. The molecule has 54 heavy (non-hydrogen) atoms. The monoisotopic (exact) mass is 791 g/mol.